The lowest BCUT2D eigenvalue weighted by molar-refractivity contribution is 0.184. The highest BCUT2D eigenvalue weighted by Gasteiger charge is 2.14. The van der Waals surface area contributed by atoms with E-state index in [9.17, 15) is 0 Å². The Morgan fingerprint density at radius 3 is 2.87 bits per heavy atom. The van der Waals surface area contributed by atoms with Crippen molar-refractivity contribution in [2.24, 2.45) is 5.92 Å². The molecule has 0 unspecified atom stereocenters. The third kappa shape index (κ3) is 3.65. The van der Waals surface area contributed by atoms with E-state index in [0.717, 1.165) is 32.2 Å². The fourth-order valence-corrected chi connectivity index (χ4v) is 1.95. The van der Waals surface area contributed by atoms with Gasteiger partial charge in [-0.3, -0.25) is 0 Å². The summed E-state index contributed by atoms with van der Waals surface area (Å²) in [6.07, 6.45) is 2.49. The highest BCUT2D eigenvalue weighted by molar-refractivity contribution is 5.14. The zero-order valence-electron chi connectivity index (χ0n) is 9.11. The maximum absolute atomic E-state index is 5.34. The molecule has 1 aliphatic rings. The quantitative estimate of drug-likeness (QED) is 0.744. The number of hydrogen-bond donors (Lipinski definition) is 1. The molecule has 1 saturated heterocycles. The molecule has 0 bridgehead atoms. The summed E-state index contributed by atoms with van der Waals surface area (Å²) in [7, 11) is 0. The van der Waals surface area contributed by atoms with Crippen LogP contribution in [0.25, 0.3) is 0 Å². The van der Waals surface area contributed by atoms with Crippen LogP contribution in [0.5, 0.6) is 0 Å². The van der Waals surface area contributed by atoms with E-state index >= 15 is 0 Å². The van der Waals surface area contributed by atoms with Crippen molar-refractivity contribution in [1.29, 1.82) is 0 Å². The molecule has 1 N–H and O–H groups in total. The van der Waals surface area contributed by atoms with Crippen molar-refractivity contribution in [2.45, 2.75) is 19.4 Å². The second kappa shape index (κ2) is 5.89. The Labute approximate surface area is 91.6 Å². The fraction of sp³-hybridized carbons (Fsp3) is 0.538. The van der Waals surface area contributed by atoms with E-state index < -0.39 is 0 Å². The standard InChI is InChI=1S/C13H19NO/c1-2-4-12(5-3-1)10-14-8-6-13-7-9-15-11-13/h1-5,13-14H,6-11H2/t13-/m0/s1. The minimum Gasteiger partial charge on any atom is -0.381 e. The smallest absolute Gasteiger partial charge is 0.0495 e. The van der Waals surface area contributed by atoms with E-state index in [1.54, 1.807) is 0 Å². The van der Waals surface area contributed by atoms with Gasteiger partial charge >= 0.3 is 0 Å². The normalized spacial score (nSPS) is 20.7. The molecule has 1 aromatic carbocycles. The Hall–Kier alpha value is -0.860. The number of hydrogen-bond acceptors (Lipinski definition) is 2. The average Bonchev–Trinajstić information content (AvgIpc) is 2.79. The van der Waals surface area contributed by atoms with Crippen LogP contribution < -0.4 is 5.32 Å². The maximum Gasteiger partial charge on any atom is 0.0495 e. The molecule has 0 radical (unpaired) electrons. The molecule has 82 valence electrons. The first-order valence-corrected chi connectivity index (χ1v) is 5.77. The highest BCUT2D eigenvalue weighted by atomic mass is 16.5. The van der Waals surface area contributed by atoms with Crippen LogP contribution in [0.1, 0.15) is 18.4 Å². The van der Waals surface area contributed by atoms with Crippen LogP contribution in [0.4, 0.5) is 0 Å². The molecule has 0 spiro atoms. The molecule has 1 atom stereocenters. The molecular weight excluding hydrogens is 186 g/mol. The van der Waals surface area contributed by atoms with Crippen LogP contribution in [0.2, 0.25) is 0 Å². The van der Waals surface area contributed by atoms with Gasteiger partial charge in [0, 0.05) is 19.8 Å². The molecule has 1 fully saturated rings. The topological polar surface area (TPSA) is 21.3 Å². The zero-order valence-corrected chi connectivity index (χ0v) is 9.11. The van der Waals surface area contributed by atoms with Crippen LogP contribution in [0.15, 0.2) is 30.3 Å². The maximum atomic E-state index is 5.34. The Morgan fingerprint density at radius 2 is 2.13 bits per heavy atom. The van der Waals surface area contributed by atoms with Gasteiger partial charge in [0.15, 0.2) is 0 Å². The summed E-state index contributed by atoms with van der Waals surface area (Å²) in [5, 5.41) is 3.47. The van der Waals surface area contributed by atoms with Gasteiger partial charge in [0.05, 0.1) is 0 Å². The van der Waals surface area contributed by atoms with Crippen LogP contribution >= 0.6 is 0 Å². The second-order valence-electron chi connectivity index (χ2n) is 4.18. The monoisotopic (exact) mass is 205 g/mol. The van der Waals surface area contributed by atoms with Gasteiger partial charge in [0.1, 0.15) is 0 Å². The SMILES string of the molecule is c1ccc(CNCC[C@H]2CCOC2)cc1. The summed E-state index contributed by atoms with van der Waals surface area (Å²) >= 11 is 0. The van der Waals surface area contributed by atoms with E-state index in [1.807, 2.05) is 0 Å². The first-order valence-electron chi connectivity index (χ1n) is 5.77. The van der Waals surface area contributed by atoms with Crippen molar-refractivity contribution >= 4 is 0 Å². The molecule has 2 rings (SSSR count). The van der Waals surface area contributed by atoms with Gasteiger partial charge < -0.3 is 10.1 Å². The molecule has 2 nitrogen and oxygen atoms in total. The predicted octanol–water partition coefficient (Wildman–Crippen LogP) is 2.20. The molecule has 0 amide bonds. The van der Waals surface area contributed by atoms with Crippen molar-refractivity contribution < 1.29 is 4.74 Å². The molecule has 1 aromatic rings. The molecule has 1 heterocycles. The highest BCUT2D eigenvalue weighted by Crippen LogP contribution is 2.15. The van der Waals surface area contributed by atoms with Gasteiger partial charge in [-0.15, -0.1) is 0 Å². The molecule has 15 heavy (non-hydrogen) atoms. The molecular formula is C13H19NO. The van der Waals surface area contributed by atoms with E-state index in [2.05, 4.69) is 35.6 Å². The first kappa shape index (κ1) is 10.7. The zero-order chi connectivity index (χ0) is 10.3. The Balaban J connectivity index is 1.59. The summed E-state index contributed by atoms with van der Waals surface area (Å²) in [5.41, 5.74) is 1.36. The van der Waals surface area contributed by atoms with Crippen molar-refractivity contribution in [3.63, 3.8) is 0 Å². The minimum atomic E-state index is 0.785. The number of nitrogens with one attached hydrogen (secondary N) is 1. The van der Waals surface area contributed by atoms with E-state index in [0.29, 0.717) is 0 Å². The largest absolute Gasteiger partial charge is 0.381 e. The van der Waals surface area contributed by atoms with Crippen molar-refractivity contribution in [2.75, 3.05) is 19.8 Å². The summed E-state index contributed by atoms with van der Waals surface area (Å²) < 4.78 is 5.34. The lowest BCUT2D eigenvalue weighted by Gasteiger charge is -2.08. The third-order valence-electron chi connectivity index (χ3n) is 2.93. The van der Waals surface area contributed by atoms with Gasteiger partial charge in [-0.1, -0.05) is 30.3 Å². The molecule has 0 aromatic heterocycles. The van der Waals surface area contributed by atoms with Gasteiger partial charge in [-0.05, 0) is 30.9 Å². The number of rotatable bonds is 5. The lowest BCUT2D eigenvalue weighted by Crippen LogP contribution is -2.17. The van der Waals surface area contributed by atoms with Crippen LogP contribution in [0, 0.1) is 5.92 Å². The lowest BCUT2D eigenvalue weighted by atomic mass is 10.1. The van der Waals surface area contributed by atoms with E-state index in [-0.39, 0.29) is 0 Å². The van der Waals surface area contributed by atoms with E-state index in [1.165, 1.54) is 18.4 Å². The van der Waals surface area contributed by atoms with Gasteiger partial charge in [-0.25, -0.2) is 0 Å². The summed E-state index contributed by atoms with van der Waals surface area (Å²) in [6, 6.07) is 10.5. The Bertz CT molecular complexity index is 267. The van der Waals surface area contributed by atoms with Crippen LogP contribution in [0.3, 0.4) is 0 Å². The summed E-state index contributed by atoms with van der Waals surface area (Å²) in [5.74, 6) is 0.785. The third-order valence-corrected chi connectivity index (χ3v) is 2.93. The predicted molar refractivity (Wildman–Crippen MR) is 61.7 cm³/mol. The number of benzene rings is 1. The average molecular weight is 205 g/mol. The van der Waals surface area contributed by atoms with Crippen LogP contribution in [-0.2, 0) is 11.3 Å². The molecule has 2 heteroatoms. The molecule has 0 aliphatic carbocycles. The summed E-state index contributed by atoms with van der Waals surface area (Å²) in [4.78, 5) is 0. The fourth-order valence-electron chi connectivity index (χ4n) is 1.95. The van der Waals surface area contributed by atoms with Gasteiger partial charge in [0.2, 0.25) is 0 Å². The van der Waals surface area contributed by atoms with Gasteiger partial charge in [-0.2, -0.15) is 0 Å². The summed E-state index contributed by atoms with van der Waals surface area (Å²) in [6.45, 7) is 4.01. The Morgan fingerprint density at radius 1 is 1.27 bits per heavy atom. The van der Waals surface area contributed by atoms with E-state index in [4.69, 9.17) is 4.74 Å². The van der Waals surface area contributed by atoms with Crippen LogP contribution in [-0.4, -0.2) is 19.8 Å². The first-order chi connectivity index (χ1) is 7.45. The van der Waals surface area contributed by atoms with Gasteiger partial charge in [0.25, 0.3) is 0 Å². The Kier molecular flexibility index (Phi) is 4.18. The van der Waals surface area contributed by atoms with Crippen molar-refractivity contribution in [1.82, 2.24) is 5.32 Å². The second-order valence-corrected chi connectivity index (χ2v) is 4.18. The molecule has 0 saturated carbocycles. The molecule has 1 aliphatic heterocycles. The van der Waals surface area contributed by atoms with Crippen molar-refractivity contribution in [3.05, 3.63) is 35.9 Å². The van der Waals surface area contributed by atoms with Crippen molar-refractivity contribution in [3.8, 4) is 0 Å². The minimum absolute atomic E-state index is 0.785. The number of ether oxygens (including phenoxy) is 1.